The van der Waals surface area contributed by atoms with Crippen molar-refractivity contribution >= 4 is 0 Å². The van der Waals surface area contributed by atoms with Crippen molar-refractivity contribution < 1.29 is 0 Å². The van der Waals surface area contributed by atoms with Crippen molar-refractivity contribution in [2.45, 2.75) is 67.7 Å². The first kappa shape index (κ1) is 13.0. The van der Waals surface area contributed by atoms with Crippen LogP contribution in [0.5, 0.6) is 0 Å². The molecular formula is C13H28. The Morgan fingerprint density at radius 3 is 1.69 bits per heavy atom. The van der Waals surface area contributed by atoms with Crippen molar-refractivity contribution in [2.75, 3.05) is 0 Å². The molecule has 0 aromatic rings. The highest BCUT2D eigenvalue weighted by Crippen LogP contribution is 2.48. The van der Waals surface area contributed by atoms with Crippen molar-refractivity contribution in [3.05, 3.63) is 0 Å². The van der Waals surface area contributed by atoms with Crippen LogP contribution in [-0.2, 0) is 0 Å². The standard InChI is InChI=1S/C13H28/c1-8-10-11(3)13(7,9-2)12(4,5)6/h11H,8-10H2,1-7H3. The molecule has 0 aliphatic carbocycles. The van der Waals surface area contributed by atoms with E-state index in [1.54, 1.807) is 0 Å². The molecule has 0 spiro atoms. The van der Waals surface area contributed by atoms with Gasteiger partial charge in [-0.15, -0.1) is 0 Å². The predicted molar refractivity (Wildman–Crippen MR) is 61.9 cm³/mol. The van der Waals surface area contributed by atoms with Crippen LogP contribution < -0.4 is 0 Å². The third-order valence-electron chi connectivity index (χ3n) is 4.26. The molecule has 0 aliphatic rings. The van der Waals surface area contributed by atoms with Gasteiger partial charge in [0.15, 0.2) is 0 Å². The van der Waals surface area contributed by atoms with Crippen LogP contribution in [0.25, 0.3) is 0 Å². The third kappa shape index (κ3) is 2.72. The molecule has 0 aromatic carbocycles. The van der Waals surface area contributed by atoms with Gasteiger partial charge in [-0.2, -0.15) is 0 Å². The summed E-state index contributed by atoms with van der Waals surface area (Å²) in [4.78, 5) is 0. The Morgan fingerprint density at radius 2 is 1.46 bits per heavy atom. The Bertz CT molecular complexity index is 141. The number of hydrogen-bond donors (Lipinski definition) is 0. The molecule has 0 aromatic heterocycles. The topological polar surface area (TPSA) is 0 Å². The summed E-state index contributed by atoms with van der Waals surface area (Å²) in [6, 6.07) is 0. The summed E-state index contributed by atoms with van der Waals surface area (Å²) in [5.74, 6) is 0.836. The number of rotatable bonds is 4. The maximum Gasteiger partial charge on any atom is -0.0254 e. The van der Waals surface area contributed by atoms with Gasteiger partial charge >= 0.3 is 0 Å². The highest BCUT2D eigenvalue weighted by molar-refractivity contribution is 4.89. The van der Waals surface area contributed by atoms with Crippen LogP contribution >= 0.6 is 0 Å². The molecule has 0 aliphatic heterocycles. The minimum absolute atomic E-state index is 0.427. The zero-order valence-electron chi connectivity index (χ0n) is 10.7. The summed E-state index contributed by atoms with van der Waals surface area (Å²) < 4.78 is 0. The Kier molecular flexibility index (Phi) is 4.48. The van der Waals surface area contributed by atoms with Gasteiger partial charge in [0.25, 0.3) is 0 Å². The second-order valence-electron chi connectivity index (χ2n) is 5.71. The Balaban J connectivity index is 4.62. The summed E-state index contributed by atoms with van der Waals surface area (Å²) in [5.41, 5.74) is 0.916. The molecule has 0 heteroatoms. The summed E-state index contributed by atoms with van der Waals surface area (Å²) >= 11 is 0. The van der Waals surface area contributed by atoms with E-state index in [9.17, 15) is 0 Å². The predicted octanol–water partition coefficient (Wildman–Crippen LogP) is 4.89. The molecule has 0 heterocycles. The van der Waals surface area contributed by atoms with Crippen molar-refractivity contribution in [3.8, 4) is 0 Å². The van der Waals surface area contributed by atoms with Crippen molar-refractivity contribution in [1.82, 2.24) is 0 Å². The van der Waals surface area contributed by atoms with Crippen LogP contribution in [-0.4, -0.2) is 0 Å². The highest BCUT2D eigenvalue weighted by Gasteiger charge is 2.39. The van der Waals surface area contributed by atoms with Crippen LogP contribution in [0.15, 0.2) is 0 Å². The summed E-state index contributed by atoms with van der Waals surface area (Å²) in [6.45, 7) is 16.6. The molecular weight excluding hydrogens is 156 g/mol. The molecule has 0 N–H and O–H groups in total. The fourth-order valence-electron chi connectivity index (χ4n) is 2.37. The van der Waals surface area contributed by atoms with Crippen LogP contribution in [0.2, 0.25) is 0 Å². The van der Waals surface area contributed by atoms with Gasteiger partial charge in [0, 0.05) is 0 Å². The molecule has 0 fully saturated rings. The van der Waals surface area contributed by atoms with Gasteiger partial charge in [-0.1, -0.05) is 61.3 Å². The zero-order chi connectivity index (χ0) is 10.7. The molecule has 80 valence electrons. The number of hydrogen-bond acceptors (Lipinski definition) is 0. The van der Waals surface area contributed by atoms with Gasteiger partial charge in [-0.25, -0.2) is 0 Å². The molecule has 13 heavy (non-hydrogen) atoms. The summed E-state index contributed by atoms with van der Waals surface area (Å²) in [7, 11) is 0. The zero-order valence-corrected chi connectivity index (χ0v) is 10.7. The lowest BCUT2D eigenvalue weighted by molar-refractivity contribution is 0.0335. The molecule has 0 radical (unpaired) electrons. The normalized spacial score (nSPS) is 19.6. The molecule has 0 saturated heterocycles. The van der Waals surface area contributed by atoms with E-state index in [0.717, 1.165) is 5.92 Å². The first-order chi connectivity index (χ1) is 5.79. The van der Waals surface area contributed by atoms with Crippen molar-refractivity contribution in [2.24, 2.45) is 16.7 Å². The van der Waals surface area contributed by atoms with E-state index in [4.69, 9.17) is 0 Å². The smallest absolute Gasteiger partial charge is 0.0254 e. The second-order valence-corrected chi connectivity index (χ2v) is 5.71. The van der Waals surface area contributed by atoms with E-state index in [-0.39, 0.29) is 0 Å². The van der Waals surface area contributed by atoms with Crippen LogP contribution in [0, 0.1) is 16.7 Å². The van der Waals surface area contributed by atoms with Gasteiger partial charge in [0.05, 0.1) is 0 Å². The first-order valence-corrected chi connectivity index (χ1v) is 5.79. The first-order valence-electron chi connectivity index (χ1n) is 5.79. The average Bonchev–Trinajstić information content (AvgIpc) is 2.01. The van der Waals surface area contributed by atoms with E-state index in [1.165, 1.54) is 19.3 Å². The van der Waals surface area contributed by atoms with E-state index in [0.29, 0.717) is 10.8 Å². The lowest BCUT2D eigenvalue weighted by Gasteiger charge is -2.46. The maximum atomic E-state index is 2.45. The Morgan fingerprint density at radius 1 is 1.00 bits per heavy atom. The van der Waals surface area contributed by atoms with Gasteiger partial charge in [0.2, 0.25) is 0 Å². The maximum absolute atomic E-state index is 2.45. The Hall–Kier alpha value is 0. The molecule has 0 saturated carbocycles. The van der Waals surface area contributed by atoms with Gasteiger partial charge in [0.1, 0.15) is 0 Å². The van der Waals surface area contributed by atoms with E-state index >= 15 is 0 Å². The van der Waals surface area contributed by atoms with Crippen LogP contribution in [0.3, 0.4) is 0 Å². The van der Waals surface area contributed by atoms with E-state index in [1.807, 2.05) is 0 Å². The second kappa shape index (κ2) is 4.48. The van der Waals surface area contributed by atoms with Crippen LogP contribution in [0.4, 0.5) is 0 Å². The SMILES string of the molecule is CCCC(C)C(C)(CC)C(C)(C)C. The lowest BCUT2D eigenvalue weighted by Crippen LogP contribution is -2.38. The van der Waals surface area contributed by atoms with E-state index < -0.39 is 0 Å². The summed E-state index contributed by atoms with van der Waals surface area (Å²) in [5, 5.41) is 0. The lowest BCUT2D eigenvalue weighted by atomic mass is 9.59. The largest absolute Gasteiger partial charge is 0.0654 e. The molecule has 2 atom stereocenters. The van der Waals surface area contributed by atoms with Crippen molar-refractivity contribution in [1.29, 1.82) is 0 Å². The molecule has 0 amide bonds. The molecule has 2 unspecified atom stereocenters. The fraction of sp³-hybridized carbons (Fsp3) is 1.00. The van der Waals surface area contributed by atoms with Crippen LogP contribution in [0.1, 0.15) is 67.7 Å². The minimum Gasteiger partial charge on any atom is -0.0654 e. The molecule has 0 bridgehead atoms. The average molecular weight is 184 g/mol. The van der Waals surface area contributed by atoms with Crippen molar-refractivity contribution in [3.63, 3.8) is 0 Å². The monoisotopic (exact) mass is 184 g/mol. The minimum atomic E-state index is 0.427. The quantitative estimate of drug-likeness (QED) is 0.584. The Labute approximate surface area is 85.1 Å². The third-order valence-corrected chi connectivity index (χ3v) is 4.26. The van der Waals surface area contributed by atoms with Gasteiger partial charge < -0.3 is 0 Å². The fourth-order valence-corrected chi connectivity index (χ4v) is 2.37. The van der Waals surface area contributed by atoms with E-state index in [2.05, 4.69) is 48.5 Å². The van der Waals surface area contributed by atoms with Gasteiger partial charge in [-0.3, -0.25) is 0 Å². The summed E-state index contributed by atoms with van der Waals surface area (Å²) in [6.07, 6.45) is 3.96. The highest BCUT2D eigenvalue weighted by atomic mass is 14.4. The molecule has 0 nitrogen and oxygen atoms in total. The molecule has 0 rings (SSSR count). The van der Waals surface area contributed by atoms with Gasteiger partial charge in [-0.05, 0) is 23.2 Å².